The first-order valence-corrected chi connectivity index (χ1v) is 10.7. The van der Waals surface area contributed by atoms with Crippen LogP contribution >= 0.6 is 11.3 Å². The second-order valence-electron chi connectivity index (χ2n) is 7.10. The topological polar surface area (TPSA) is 65.1 Å². The normalized spacial score (nSPS) is 21.6. The molecular formula is C19H30N4O3S. The Labute approximate surface area is 165 Å². The number of nitrogens with one attached hydrogen (secondary N) is 1. The smallest absolute Gasteiger partial charge is 0.312 e. The van der Waals surface area contributed by atoms with Crippen LogP contribution in [0.25, 0.3) is 0 Å². The average molecular weight is 395 g/mol. The van der Waals surface area contributed by atoms with Gasteiger partial charge in [-0.3, -0.25) is 14.5 Å². The minimum atomic E-state index is -0.516. The summed E-state index contributed by atoms with van der Waals surface area (Å²) in [5, 5.41) is 5.04. The van der Waals surface area contributed by atoms with Gasteiger partial charge in [0.2, 0.25) is 0 Å². The van der Waals surface area contributed by atoms with Crippen molar-refractivity contribution >= 4 is 23.2 Å². The van der Waals surface area contributed by atoms with Crippen molar-refractivity contribution in [1.82, 2.24) is 20.0 Å². The third kappa shape index (κ3) is 5.07. The summed E-state index contributed by atoms with van der Waals surface area (Å²) < 4.78 is 5.26. The molecule has 2 aliphatic heterocycles. The number of hydrogen-bond acceptors (Lipinski definition) is 6. The summed E-state index contributed by atoms with van der Waals surface area (Å²) in [6.07, 6.45) is 0. The molecule has 2 saturated heterocycles. The van der Waals surface area contributed by atoms with Crippen molar-refractivity contribution in [3.63, 3.8) is 0 Å². The second-order valence-corrected chi connectivity index (χ2v) is 8.08. The summed E-state index contributed by atoms with van der Waals surface area (Å²) in [7, 11) is 0. The van der Waals surface area contributed by atoms with E-state index in [0.717, 1.165) is 32.7 Å². The molecule has 0 aromatic carbocycles. The van der Waals surface area contributed by atoms with Crippen LogP contribution in [-0.4, -0.2) is 91.6 Å². The monoisotopic (exact) mass is 394 g/mol. The Morgan fingerprint density at radius 1 is 1.19 bits per heavy atom. The first kappa shape index (κ1) is 20.3. The van der Waals surface area contributed by atoms with Crippen molar-refractivity contribution in [2.45, 2.75) is 25.9 Å². The van der Waals surface area contributed by atoms with Gasteiger partial charge in [0.25, 0.3) is 0 Å². The van der Waals surface area contributed by atoms with Crippen molar-refractivity contribution in [3.05, 3.63) is 22.4 Å². The molecule has 2 amide bonds. The number of ether oxygens (including phenoxy) is 1. The van der Waals surface area contributed by atoms with Crippen LogP contribution in [0, 0.1) is 0 Å². The molecule has 1 aromatic heterocycles. The van der Waals surface area contributed by atoms with E-state index in [2.05, 4.69) is 33.5 Å². The molecule has 1 aromatic rings. The number of rotatable bonds is 5. The fourth-order valence-electron chi connectivity index (χ4n) is 3.82. The molecule has 2 fully saturated rings. The van der Waals surface area contributed by atoms with Gasteiger partial charge in [0, 0.05) is 50.2 Å². The van der Waals surface area contributed by atoms with E-state index in [1.165, 1.54) is 4.88 Å². The van der Waals surface area contributed by atoms with E-state index < -0.39 is 11.8 Å². The predicted octanol–water partition coefficient (Wildman–Crippen LogP) is 0.790. The van der Waals surface area contributed by atoms with Crippen LogP contribution < -0.4 is 5.32 Å². The number of thiophene rings is 1. The molecule has 8 heteroatoms. The van der Waals surface area contributed by atoms with Gasteiger partial charge in [-0.05, 0) is 24.9 Å². The largest absolute Gasteiger partial charge is 0.378 e. The highest BCUT2D eigenvalue weighted by Gasteiger charge is 2.32. The Hall–Kier alpha value is -1.48. The first-order chi connectivity index (χ1) is 13.1. The van der Waals surface area contributed by atoms with E-state index in [9.17, 15) is 9.59 Å². The van der Waals surface area contributed by atoms with Crippen LogP contribution in [0.4, 0.5) is 0 Å². The van der Waals surface area contributed by atoms with Gasteiger partial charge in [-0.25, -0.2) is 0 Å². The van der Waals surface area contributed by atoms with Gasteiger partial charge in [0.05, 0.1) is 19.3 Å². The highest BCUT2D eigenvalue weighted by atomic mass is 32.1. The molecule has 0 saturated carbocycles. The number of morpholine rings is 1. The number of piperazine rings is 1. The molecule has 0 spiro atoms. The number of nitrogens with zero attached hydrogens (tertiary/aromatic N) is 3. The lowest BCUT2D eigenvalue weighted by Crippen LogP contribution is -2.54. The number of carbonyl (C=O) groups is 2. The van der Waals surface area contributed by atoms with Crippen LogP contribution in [-0.2, 0) is 14.3 Å². The molecule has 2 atom stereocenters. The van der Waals surface area contributed by atoms with Gasteiger partial charge in [0.1, 0.15) is 0 Å². The fraction of sp³-hybridized carbons (Fsp3) is 0.684. The number of carbonyl (C=O) groups excluding carboxylic acids is 2. The molecule has 0 bridgehead atoms. The quantitative estimate of drug-likeness (QED) is 0.748. The van der Waals surface area contributed by atoms with Gasteiger partial charge < -0.3 is 19.9 Å². The van der Waals surface area contributed by atoms with Crippen molar-refractivity contribution in [1.29, 1.82) is 0 Å². The Balaban J connectivity index is 1.65. The third-order valence-corrected chi connectivity index (χ3v) is 6.35. The maximum Gasteiger partial charge on any atom is 0.312 e. The van der Waals surface area contributed by atoms with E-state index >= 15 is 0 Å². The Morgan fingerprint density at radius 3 is 2.48 bits per heavy atom. The zero-order chi connectivity index (χ0) is 19.2. The first-order valence-electron chi connectivity index (χ1n) is 9.77. The SMILES string of the molecule is CCN1CCN(C(c2cccs2)C(C)NC(=O)C(=O)N2CCOCC2)CC1. The van der Waals surface area contributed by atoms with E-state index in [1.807, 2.05) is 13.0 Å². The minimum Gasteiger partial charge on any atom is -0.378 e. The summed E-state index contributed by atoms with van der Waals surface area (Å²) in [5.74, 6) is -0.968. The highest BCUT2D eigenvalue weighted by molar-refractivity contribution is 7.10. The second kappa shape index (κ2) is 9.64. The summed E-state index contributed by atoms with van der Waals surface area (Å²) in [4.78, 5) is 32.7. The van der Waals surface area contributed by atoms with E-state index in [0.29, 0.717) is 26.3 Å². The third-order valence-electron chi connectivity index (χ3n) is 5.41. The van der Waals surface area contributed by atoms with Crippen LogP contribution in [0.2, 0.25) is 0 Å². The maximum absolute atomic E-state index is 12.5. The number of hydrogen-bond donors (Lipinski definition) is 1. The number of amides is 2. The summed E-state index contributed by atoms with van der Waals surface area (Å²) in [6, 6.07) is 4.11. The zero-order valence-electron chi connectivity index (χ0n) is 16.2. The maximum atomic E-state index is 12.5. The van der Waals surface area contributed by atoms with Crippen molar-refractivity contribution < 1.29 is 14.3 Å². The summed E-state index contributed by atoms with van der Waals surface area (Å²) >= 11 is 1.70. The van der Waals surface area contributed by atoms with E-state index in [-0.39, 0.29) is 12.1 Å². The van der Waals surface area contributed by atoms with Crippen LogP contribution in [0.1, 0.15) is 24.8 Å². The standard InChI is InChI=1S/C19H30N4O3S/c1-3-21-6-8-22(9-7-21)17(16-5-4-14-27-16)15(2)20-18(24)19(25)23-10-12-26-13-11-23/h4-5,14-15,17H,3,6-13H2,1-2H3,(H,20,24). The molecule has 27 heavy (non-hydrogen) atoms. The molecule has 0 radical (unpaired) electrons. The highest BCUT2D eigenvalue weighted by Crippen LogP contribution is 2.29. The fourth-order valence-corrected chi connectivity index (χ4v) is 4.78. The van der Waals surface area contributed by atoms with Gasteiger partial charge in [-0.2, -0.15) is 0 Å². The van der Waals surface area contributed by atoms with Gasteiger partial charge >= 0.3 is 11.8 Å². The molecule has 7 nitrogen and oxygen atoms in total. The Kier molecular flexibility index (Phi) is 7.23. The minimum absolute atomic E-state index is 0.0884. The average Bonchev–Trinajstić information content (AvgIpc) is 3.23. The van der Waals surface area contributed by atoms with Crippen LogP contribution in [0.5, 0.6) is 0 Å². The predicted molar refractivity (Wildman–Crippen MR) is 106 cm³/mol. The van der Waals surface area contributed by atoms with Crippen molar-refractivity contribution in [2.24, 2.45) is 0 Å². The van der Waals surface area contributed by atoms with Crippen LogP contribution in [0.15, 0.2) is 17.5 Å². The summed E-state index contributed by atoms with van der Waals surface area (Å²) in [6.45, 7) is 11.2. The van der Waals surface area contributed by atoms with Crippen molar-refractivity contribution in [3.8, 4) is 0 Å². The molecular weight excluding hydrogens is 364 g/mol. The molecule has 150 valence electrons. The molecule has 2 aliphatic rings. The van der Waals surface area contributed by atoms with Gasteiger partial charge in [-0.1, -0.05) is 13.0 Å². The molecule has 0 aliphatic carbocycles. The molecule has 2 unspecified atom stereocenters. The lowest BCUT2D eigenvalue weighted by atomic mass is 10.0. The zero-order valence-corrected chi connectivity index (χ0v) is 17.0. The van der Waals surface area contributed by atoms with Crippen LogP contribution in [0.3, 0.4) is 0 Å². The lowest BCUT2D eigenvalue weighted by molar-refractivity contribution is -0.149. The Bertz CT molecular complexity index is 610. The number of likely N-dealkylation sites (N-methyl/N-ethyl adjacent to an activating group) is 1. The van der Waals surface area contributed by atoms with E-state index in [4.69, 9.17) is 4.74 Å². The van der Waals surface area contributed by atoms with Crippen molar-refractivity contribution in [2.75, 3.05) is 59.0 Å². The van der Waals surface area contributed by atoms with Gasteiger partial charge in [0.15, 0.2) is 0 Å². The van der Waals surface area contributed by atoms with E-state index in [1.54, 1.807) is 16.2 Å². The molecule has 1 N–H and O–H groups in total. The lowest BCUT2D eigenvalue weighted by Gasteiger charge is -2.41. The summed E-state index contributed by atoms with van der Waals surface area (Å²) in [5.41, 5.74) is 0. The Morgan fingerprint density at radius 2 is 1.89 bits per heavy atom. The van der Waals surface area contributed by atoms with Gasteiger partial charge in [-0.15, -0.1) is 11.3 Å². The molecule has 3 heterocycles. The molecule has 3 rings (SSSR count).